The van der Waals surface area contributed by atoms with E-state index in [1.54, 1.807) is 6.20 Å². The number of rotatable bonds is 5. The van der Waals surface area contributed by atoms with Gasteiger partial charge in [-0.1, -0.05) is 18.5 Å². The van der Waals surface area contributed by atoms with Crippen LogP contribution in [0.4, 0.5) is 0 Å². The minimum absolute atomic E-state index is 0.0156. The lowest BCUT2D eigenvalue weighted by Gasteiger charge is -2.36. The van der Waals surface area contributed by atoms with Crippen molar-refractivity contribution in [2.75, 3.05) is 26.2 Å². The first-order valence-electron chi connectivity index (χ1n) is 6.72. The Morgan fingerprint density at radius 3 is 3.00 bits per heavy atom. The zero-order valence-electron chi connectivity index (χ0n) is 11.5. The van der Waals surface area contributed by atoms with Crippen LogP contribution in [-0.4, -0.2) is 47.0 Å². The van der Waals surface area contributed by atoms with Crippen molar-refractivity contribution in [3.63, 3.8) is 0 Å². The summed E-state index contributed by atoms with van der Waals surface area (Å²) in [5.74, 6) is 5.73. The Morgan fingerprint density at radius 1 is 1.58 bits per heavy atom. The molecular weight excluding hydrogens is 266 g/mol. The number of nitrogens with two attached hydrogens (primary N) is 1. The van der Waals surface area contributed by atoms with Gasteiger partial charge in [0.05, 0.1) is 35.7 Å². The van der Waals surface area contributed by atoms with Crippen LogP contribution in [0.25, 0.3) is 0 Å². The molecule has 0 radical (unpaired) electrons. The predicted octanol–water partition coefficient (Wildman–Crippen LogP) is 0.781. The number of nitrogens with zero attached hydrogens (tertiary/aromatic N) is 3. The van der Waals surface area contributed by atoms with Crippen LogP contribution in [0.5, 0.6) is 0 Å². The van der Waals surface area contributed by atoms with Crippen molar-refractivity contribution in [1.82, 2.24) is 20.1 Å². The predicted molar refractivity (Wildman–Crippen MR) is 74.8 cm³/mol. The van der Waals surface area contributed by atoms with Crippen molar-refractivity contribution in [2.24, 2.45) is 5.84 Å². The third-order valence-electron chi connectivity index (χ3n) is 3.60. The molecule has 0 saturated carbocycles. The van der Waals surface area contributed by atoms with Gasteiger partial charge in [-0.2, -0.15) is 5.10 Å². The van der Waals surface area contributed by atoms with Gasteiger partial charge in [-0.3, -0.25) is 15.4 Å². The molecule has 108 valence electrons. The second-order valence-corrected chi connectivity index (χ2v) is 5.05. The number of aryl methyl sites for hydroxylation is 1. The first kappa shape index (κ1) is 14.7. The maximum atomic E-state index is 6.24. The van der Waals surface area contributed by atoms with Gasteiger partial charge in [-0.25, -0.2) is 5.43 Å². The maximum Gasteiger partial charge on any atom is 0.0925 e. The largest absolute Gasteiger partial charge is 0.373 e. The summed E-state index contributed by atoms with van der Waals surface area (Å²) in [7, 11) is 0. The molecule has 0 aliphatic carbocycles. The standard InChI is InChI=1S/C12H22ClN5O/c1-3-17-5-6-19-10(8-17)11(16-14)12-9(13)7-15-18(12)4-2/h7,10-11,16H,3-6,8,14H2,1-2H3. The van der Waals surface area contributed by atoms with Crippen LogP contribution in [0.1, 0.15) is 25.6 Å². The average molecular weight is 288 g/mol. The molecule has 0 bridgehead atoms. The van der Waals surface area contributed by atoms with Gasteiger partial charge >= 0.3 is 0 Å². The Labute approximate surface area is 118 Å². The van der Waals surface area contributed by atoms with Crippen molar-refractivity contribution in [3.05, 3.63) is 16.9 Å². The number of likely N-dealkylation sites (N-methyl/N-ethyl adjacent to an activating group) is 1. The molecule has 2 unspecified atom stereocenters. The van der Waals surface area contributed by atoms with Crippen LogP contribution in [-0.2, 0) is 11.3 Å². The molecule has 0 aromatic carbocycles. The molecule has 2 rings (SSSR count). The van der Waals surface area contributed by atoms with E-state index in [4.69, 9.17) is 22.2 Å². The van der Waals surface area contributed by atoms with Crippen LogP contribution in [0.3, 0.4) is 0 Å². The Morgan fingerprint density at radius 2 is 2.37 bits per heavy atom. The van der Waals surface area contributed by atoms with E-state index in [-0.39, 0.29) is 12.1 Å². The van der Waals surface area contributed by atoms with Gasteiger partial charge < -0.3 is 4.74 Å². The number of nitrogens with one attached hydrogen (secondary N) is 1. The highest BCUT2D eigenvalue weighted by molar-refractivity contribution is 6.31. The summed E-state index contributed by atoms with van der Waals surface area (Å²) in [5, 5.41) is 4.88. The molecule has 0 amide bonds. The van der Waals surface area contributed by atoms with E-state index in [1.165, 1.54) is 0 Å². The molecule has 1 aliphatic heterocycles. The summed E-state index contributed by atoms with van der Waals surface area (Å²) in [6.07, 6.45) is 1.64. The molecule has 1 fully saturated rings. The topological polar surface area (TPSA) is 68.3 Å². The summed E-state index contributed by atoms with van der Waals surface area (Å²) in [6, 6.07) is -0.149. The zero-order chi connectivity index (χ0) is 13.8. The summed E-state index contributed by atoms with van der Waals surface area (Å²) >= 11 is 6.24. The van der Waals surface area contributed by atoms with Gasteiger partial charge in [-0.15, -0.1) is 0 Å². The van der Waals surface area contributed by atoms with E-state index in [0.29, 0.717) is 11.6 Å². The molecule has 2 atom stereocenters. The fraction of sp³-hybridized carbons (Fsp3) is 0.750. The number of hydrogen-bond acceptors (Lipinski definition) is 5. The van der Waals surface area contributed by atoms with Crippen molar-refractivity contribution in [2.45, 2.75) is 32.5 Å². The Hall–Kier alpha value is -0.660. The second-order valence-electron chi connectivity index (χ2n) is 4.64. The van der Waals surface area contributed by atoms with Crippen LogP contribution < -0.4 is 11.3 Å². The summed E-state index contributed by atoms with van der Waals surface area (Å²) in [5.41, 5.74) is 3.74. The summed E-state index contributed by atoms with van der Waals surface area (Å²) < 4.78 is 7.72. The van der Waals surface area contributed by atoms with E-state index in [0.717, 1.165) is 31.9 Å². The lowest BCUT2D eigenvalue weighted by Crippen LogP contribution is -2.50. The van der Waals surface area contributed by atoms with Gasteiger partial charge in [0.25, 0.3) is 0 Å². The molecule has 0 spiro atoms. The maximum absolute atomic E-state index is 6.24. The van der Waals surface area contributed by atoms with Crippen molar-refractivity contribution in [1.29, 1.82) is 0 Å². The highest BCUT2D eigenvalue weighted by Gasteiger charge is 2.31. The third kappa shape index (κ3) is 3.09. The van der Waals surface area contributed by atoms with E-state index in [9.17, 15) is 0 Å². The van der Waals surface area contributed by atoms with E-state index < -0.39 is 0 Å². The summed E-state index contributed by atoms with van der Waals surface area (Å²) in [4.78, 5) is 2.35. The van der Waals surface area contributed by atoms with Crippen LogP contribution in [0, 0.1) is 0 Å². The zero-order valence-corrected chi connectivity index (χ0v) is 12.2. The molecule has 3 N–H and O–H groups in total. The second kappa shape index (κ2) is 6.67. The monoisotopic (exact) mass is 287 g/mol. The Kier molecular flexibility index (Phi) is 5.18. The average Bonchev–Trinajstić information content (AvgIpc) is 2.82. The van der Waals surface area contributed by atoms with Gasteiger partial charge in [0.2, 0.25) is 0 Å². The highest BCUT2D eigenvalue weighted by Crippen LogP contribution is 2.27. The quantitative estimate of drug-likeness (QED) is 0.619. The minimum atomic E-state index is -0.149. The van der Waals surface area contributed by atoms with Crippen LogP contribution >= 0.6 is 11.6 Å². The number of aromatic nitrogens is 2. The number of hydrogen-bond donors (Lipinski definition) is 2. The number of ether oxygens (including phenoxy) is 1. The molecule has 1 aromatic rings. The van der Waals surface area contributed by atoms with Crippen molar-refractivity contribution < 1.29 is 4.74 Å². The number of morpholine rings is 1. The fourth-order valence-corrected chi connectivity index (χ4v) is 2.77. The van der Waals surface area contributed by atoms with Crippen molar-refractivity contribution in [3.8, 4) is 0 Å². The number of halogens is 1. The Balaban J connectivity index is 2.21. The lowest BCUT2D eigenvalue weighted by atomic mass is 10.1. The highest BCUT2D eigenvalue weighted by atomic mass is 35.5. The van der Waals surface area contributed by atoms with Gasteiger partial charge in [0, 0.05) is 19.6 Å². The minimum Gasteiger partial charge on any atom is -0.373 e. The Bertz CT molecular complexity index is 411. The summed E-state index contributed by atoms with van der Waals surface area (Å²) in [6.45, 7) is 8.47. The molecular formula is C12H22ClN5O. The molecule has 6 nitrogen and oxygen atoms in total. The SMILES string of the molecule is CCN1CCOC(C(NN)c2c(Cl)cnn2CC)C1. The fourth-order valence-electron chi connectivity index (χ4n) is 2.52. The lowest BCUT2D eigenvalue weighted by molar-refractivity contribution is -0.0469. The van der Waals surface area contributed by atoms with Gasteiger partial charge in [0.1, 0.15) is 0 Å². The molecule has 1 aromatic heterocycles. The van der Waals surface area contributed by atoms with Crippen molar-refractivity contribution >= 4 is 11.6 Å². The van der Waals surface area contributed by atoms with Crippen LogP contribution in [0.15, 0.2) is 6.20 Å². The van der Waals surface area contributed by atoms with Crippen LogP contribution in [0.2, 0.25) is 5.02 Å². The third-order valence-corrected chi connectivity index (χ3v) is 3.89. The first-order chi connectivity index (χ1) is 9.21. The smallest absolute Gasteiger partial charge is 0.0925 e. The van der Waals surface area contributed by atoms with Gasteiger partial charge in [0.15, 0.2) is 0 Å². The van der Waals surface area contributed by atoms with E-state index in [2.05, 4.69) is 22.3 Å². The molecule has 2 heterocycles. The molecule has 7 heteroatoms. The normalized spacial score (nSPS) is 22.6. The van der Waals surface area contributed by atoms with E-state index >= 15 is 0 Å². The first-order valence-corrected chi connectivity index (χ1v) is 7.10. The molecule has 1 aliphatic rings. The number of hydrazine groups is 1. The van der Waals surface area contributed by atoms with E-state index in [1.807, 2.05) is 11.6 Å². The molecule has 19 heavy (non-hydrogen) atoms. The molecule has 1 saturated heterocycles. The van der Waals surface area contributed by atoms with Gasteiger partial charge in [-0.05, 0) is 13.5 Å².